The quantitative estimate of drug-likeness (QED) is 0.863. The second kappa shape index (κ2) is 6.59. The van der Waals surface area contributed by atoms with Gasteiger partial charge in [-0.3, -0.25) is 4.90 Å². The van der Waals surface area contributed by atoms with Crippen LogP contribution in [-0.2, 0) is 4.74 Å². The molecule has 1 unspecified atom stereocenters. The smallest absolute Gasteiger partial charge is 0.139 e. The van der Waals surface area contributed by atoms with Crippen LogP contribution in [0.15, 0.2) is 24.5 Å². The average molecular weight is 333 g/mol. The Labute approximate surface area is 141 Å². The molecule has 1 aromatic carbocycles. The molecule has 122 valence electrons. The Balaban J connectivity index is 1.46. The molecular formula is C17H21ClN4O. The number of aromatic nitrogens is 2. The van der Waals surface area contributed by atoms with Gasteiger partial charge in [0.05, 0.1) is 12.1 Å². The van der Waals surface area contributed by atoms with E-state index in [9.17, 15) is 0 Å². The van der Waals surface area contributed by atoms with Gasteiger partial charge in [-0.1, -0.05) is 11.6 Å². The molecule has 6 heteroatoms. The molecule has 3 heterocycles. The molecule has 4 rings (SSSR count). The molecule has 2 fully saturated rings. The van der Waals surface area contributed by atoms with Crippen molar-refractivity contribution in [1.82, 2.24) is 14.9 Å². The van der Waals surface area contributed by atoms with E-state index in [0.29, 0.717) is 10.9 Å². The van der Waals surface area contributed by atoms with Crippen LogP contribution >= 0.6 is 11.6 Å². The van der Waals surface area contributed by atoms with Crippen molar-refractivity contribution in [3.8, 4) is 0 Å². The van der Waals surface area contributed by atoms with Crippen molar-refractivity contribution in [3.63, 3.8) is 0 Å². The number of ether oxygens (including phenoxy) is 1. The molecule has 23 heavy (non-hydrogen) atoms. The van der Waals surface area contributed by atoms with Crippen LogP contribution in [0, 0.1) is 5.92 Å². The topological polar surface area (TPSA) is 41.5 Å². The summed E-state index contributed by atoms with van der Waals surface area (Å²) in [6.07, 6.45) is 2.84. The van der Waals surface area contributed by atoms with E-state index in [-0.39, 0.29) is 0 Å². The number of halogens is 1. The van der Waals surface area contributed by atoms with Gasteiger partial charge < -0.3 is 9.64 Å². The number of rotatable bonds is 3. The van der Waals surface area contributed by atoms with Crippen molar-refractivity contribution in [3.05, 3.63) is 29.5 Å². The first-order valence-electron chi connectivity index (χ1n) is 8.25. The van der Waals surface area contributed by atoms with Crippen LogP contribution < -0.4 is 4.90 Å². The minimum Gasteiger partial charge on any atom is -0.381 e. The van der Waals surface area contributed by atoms with Crippen LogP contribution in [-0.4, -0.2) is 60.8 Å². The fraction of sp³-hybridized carbons (Fsp3) is 0.529. The standard InChI is InChI=1S/C17H21ClN4O/c18-14-1-2-15-16(9-14)19-12-20-17(15)22-6-4-21(5-7-22)10-13-3-8-23-11-13/h1-2,9,12-13H,3-8,10-11H2. The second-order valence-electron chi connectivity index (χ2n) is 6.38. The normalized spacial score (nSPS) is 22.8. The summed E-state index contributed by atoms with van der Waals surface area (Å²) < 4.78 is 5.48. The zero-order valence-electron chi connectivity index (χ0n) is 13.1. The highest BCUT2D eigenvalue weighted by Crippen LogP contribution is 2.26. The fourth-order valence-electron chi connectivity index (χ4n) is 3.50. The predicted octanol–water partition coefficient (Wildman–Crippen LogP) is 2.44. The average Bonchev–Trinajstić information content (AvgIpc) is 3.08. The molecule has 1 atom stereocenters. The Morgan fingerprint density at radius 3 is 2.83 bits per heavy atom. The van der Waals surface area contributed by atoms with E-state index >= 15 is 0 Å². The van der Waals surface area contributed by atoms with Gasteiger partial charge in [0, 0.05) is 49.7 Å². The first-order valence-corrected chi connectivity index (χ1v) is 8.63. The molecule has 0 spiro atoms. The van der Waals surface area contributed by atoms with Gasteiger partial charge in [0.2, 0.25) is 0 Å². The highest BCUT2D eigenvalue weighted by molar-refractivity contribution is 6.31. The maximum absolute atomic E-state index is 6.07. The van der Waals surface area contributed by atoms with E-state index in [1.165, 1.54) is 6.42 Å². The number of nitrogens with zero attached hydrogens (tertiary/aromatic N) is 4. The Morgan fingerprint density at radius 1 is 1.17 bits per heavy atom. The zero-order valence-corrected chi connectivity index (χ0v) is 13.9. The lowest BCUT2D eigenvalue weighted by molar-refractivity contribution is 0.164. The summed E-state index contributed by atoms with van der Waals surface area (Å²) in [5.41, 5.74) is 0.910. The molecular weight excluding hydrogens is 312 g/mol. The Bertz CT molecular complexity index is 681. The van der Waals surface area contributed by atoms with E-state index in [1.807, 2.05) is 18.2 Å². The van der Waals surface area contributed by atoms with Crippen LogP contribution in [0.25, 0.3) is 10.9 Å². The zero-order chi connectivity index (χ0) is 15.6. The van der Waals surface area contributed by atoms with Crippen LogP contribution in [0.5, 0.6) is 0 Å². The number of fused-ring (bicyclic) bond motifs is 1. The maximum atomic E-state index is 6.07. The van der Waals surface area contributed by atoms with Gasteiger partial charge in [-0.15, -0.1) is 0 Å². The van der Waals surface area contributed by atoms with Crippen LogP contribution in [0.1, 0.15) is 6.42 Å². The van der Waals surface area contributed by atoms with Gasteiger partial charge in [-0.05, 0) is 30.5 Å². The summed E-state index contributed by atoms with van der Waals surface area (Å²) in [5.74, 6) is 1.74. The second-order valence-corrected chi connectivity index (χ2v) is 6.81. The SMILES string of the molecule is Clc1ccc2c(N3CCN(CC4CCOC4)CC3)ncnc2c1. The Kier molecular flexibility index (Phi) is 4.33. The van der Waals surface area contributed by atoms with Crippen molar-refractivity contribution in [2.45, 2.75) is 6.42 Å². The van der Waals surface area contributed by atoms with E-state index in [2.05, 4.69) is 19.8 Å². The lowest BCUT2D eigenvalue weighted by Crippen LogP contribution is -2.48. The van der Waals surface area contributed by atoms with Crippen molar-refractivity contribution in [1.29, 1.82) is 0 Å². The summed E-state index contributed by atoms with van der Waals surface area (Å²) >= 11 is 6.07. The Hall–Kier alpha value is -1.43. The van der Waals surface area contributed by atoms with E-state index in [0.717, 1.165) is 62.7 Å². The Morgan fingerprint density at radius 2 is 2.04 bits per heavy atom. The molecule has 5 nitrogen and oxygen atoms in total. The predicted molar refractivity (Wildman–Crippen MR) is 92.1 cm³/mol. The highest BCUT2D eigenvalue weighted by atomic mass is 35.5. The number of hydrogen-bond donors (Lipinski definition) is 0. The van der Waals surface area contributed by atoms with Crippen molar-refractivity contribution in [2.75, 3.05) is 50.8 Å². The molecule has 0 radical (unpaired) electrons. The molecule has 0 N–H and O–H groups in total. The molecule has 0 aliphatic carbocycles. The van der Waals surface area contributed by atoms with E-state index in [4.69, 9.17) is 16.3 Å². The van der Waals surface area contributed by atoms with Crippen LogP contribution in [0.2, 0.25) is 5.02 Å². The number of anilines is 1. The molecule has 0 amide bonds. The highest BCUT2D eigenvalue weighted by Gasteiger charge is 2.24. The third kappa shape index (κ3) is 3.27. The van der Waals surface area contributed by atoms with E-state index < -0.39 is 0 Å². The monoisotopic (exact) mass is 332 g/mol. The number of piperazine rings is 1. The van der Waals surface area contributed by atoms with Crippen LogP contribution in [0.4, 0.5) is 5.82 Å². The van der Waals surface area contributed by atoms with E-state index in [1.54, 1.807) is 6.33 Å². The first-order chi connectivity index (χ1) is 11.3. The van der Waals surface area contributed by atoms with Gasteiger partial charge in [-0.25, -0.2) is 9.97 Å². The minimum absolute atomic E-state index is 0.712. The molecule has 0 saturated carbocycles. The van der Waals surface area contributed by atoms with Gasteiger partial charge >= 0.3 is 0 Å². The van der Waals surface area contributed by atoms with Crippen molar-refractivity contribution in [2.24, 2.45) is 5.92 Å². The molecule has 2 saturated heterocycles. The summed E-state index contributed by atoms with van der Waals surface area (Å²) in [4.78, 5) is 13.8. The third-order valence-electron chi connectivity index (χ3n) is 4.79. The summed E-state index contributed by atoms with van der Waals surface area (Å²) in [5, 5.41) is 1.79. The minimum atomic E-state index is 0.712. The summed E-state index contributed by atoms with van der Waals surface area (Å²) in [6.45, 7) is 7.18. The molecule has 0 bridgehead atoms. The lowest BCUT2D eigenvalue weighted by Gasteiger charge is -2.36. The molecule has 2 aromatic rings. The van der Waals surface area contributed by atoms with Crippen molar-refractivity contribution < 1.29 is 4.74 Å². The van der Waals surface area contributed by atoms with Gasteiger partial charge in [-0.2, -0.15) is 0 Å². The summed E-state index contributed by atoms with van der Waals surface area (Å²) in [7, 11) is 0. The molecule has 2 aliphatic rings. The van der Waals surface area contributed by atoms with Crippen molar-refractivity contribution >= 4 is 28.3 Å². The third-order valence-corrected chi connectivity index (χ3v) is 5.02. The van der Waals surface area contributed by atoms with Gasteiger partial charge in [0.15, 0.2) is 0 Å². The first kappa shape index (κ1) is 15.1. The maximum Gasteiger partial charge on any atom is 0.139 e. The molecule has 1 aromatic heterocycles. The molecule has 2 aliphatic heterocycles. The lowest BCUT2D eigenvalue weighted by atomic mass is 10.1. The fourth-order valence-corrected chi connectivity index (χ4v) is 3.67. The number of benzene rings is 1. The summed E-state index contributed by atoms with van der Waals surface area (Å²) in [6, 6.07) is 5.83. The number of hydrogen-bond acceptors (Lipinski definition) is 5. The van der Waals surface area contributed by atoms with Crippen LogP contribution in [0.3, 0.4) is 0 Å². The van der Waals surface area contributed by atoms with Gasteiger partial charge in [0.25, 0.3) is 0 Å². The largest absolute Gasteiger partial charge is 0.381 e. The van der Waals surface area contributed by atoms with Gasteiger partial charge in [0.1, 0.15) is 12.1 Å².